The summed E-state index contributed by atoms with van der Waals surface area (Å²) >= 11 is 0. The van der Waals surface area contributed by atoms with Crippen LogP contribution in [0.25, 0.3) is 0 Å². The number of carbonyl (C=O) groups is 1. The lowest BCUT2D eigenvalue weighted by molar-refractivity contribution is -0.122. The summed E-state index contributed by atoms with van der Waals surface area (Å²) in [5, 5.41) is 6.05. The normalized spacial score (nSPS) is 34.5. The lowest BCUT2D eigenvalue weighted by atomic mass is 9.94. The molecule has 5 nitrogen and oxygen atoms in total. The van der Waals surface area contributed by atoms with Crippen molar-refractivity contribution in [2.75, 3.05) is 13.2 Å². The second-order valence-electron chi connectivity index (χ2n) is 4.81. The highest BCUT2D eigenvalue weighted by molar-refractivity contribution is 6.05. The van der Waals surface area contributed by atoms with E-state index in [0.717, 1.165) is 19.4 Å². The third kappa shape index (κ3) is 2.04. The van der Waals surface area contributed by atoms with Gasteiger partial charge in [0.2, 0.25) is 0 Å². The molecule has 0 radical (unpaired) electrons. The van der Waals surface area contributed by atoms with Crippen molar-refractivity contribution in [1.29, 1.82) is 0 Å². The Kier molecular flexibility index (Phi) is 2.55. The van der Waals surface area contributed by atoms with Gasteiger partial charge in [0.15, 0.2) is 5.96 Å². The molecular formula is C11H17N3O2. The molecule has 2 fully saturated rings. The molecule has 16 heavy (non-hydrogen) atoms. The maximum absolute atomic E-state index is 11.8. The van der Waals surface area contributed by atoms with Gasteiger partial charge < -0.3 is 10.1 Å². The van der Waals surface area contributed by atoms with E-state index >= 15 is 0 Å². The van der Waals surface area contributed by atoms with E-state index in [1.165, 1.54) is 12.8 Å². The molecule has 5 heteroatoms. The molecule has 1 amide bonds. The molecule has 0 bridgehead atoms. The Morgan fingerprint density at radius 2 is 2.25 bits per heavy atom. The standard InChI is InChI=1S/C11H17N3O2/c15-10-9(7-2-1-5-16-6-7)13-11(14-10)12-8-3-4-8/h7-9H,1-6H2,(H2,12,13,14,15). The second kappa shape index (κ2) is 4.05. The molecule has 1 saturated heterocycles. The lowest BCUT2D eigenvalue weighted by Crippen LogP contribution is -2.40. The van der Waals surface area contributed by atoms with Crippen molar-refractivity contribution in [2.45, 2.75) is 37.8 Å². The van der Waals surface area contributed by atoms with Crippen molar-refractivity contribution in [2.24, 2.45) is 10.9 Å². The van der Waals surface area contributed by atoms with Gasteiger partial charge in [0, 0.05) is 18.6 Å². The minimum absolute atomic E-state index is 0.0265. The van der Waals surface area contributed by atoms with Crippen molar-refractivity contribution >= 4 is 11.9 Å². The molecule has 3 rings (SSSR count). The summed E-state index contributed by atoms with van der Waals surface area (Å²) in [6, 6.07) is 0.293. The Morgan fingerprint density at radius 1 is 1.38 bits per heavy atom. The number of rotatable bonds is 2. The summed E-state index contributed by atoms with van der Waals surface area (Å²) in [6.07, 6.45) is 4.45. The van der Waals surface area contributed by atoms with E-state index in [9.17, 15) is 4.79 Å². The van der Waals surface area contributed by atoms with Gasteiger partial charge in [-0.3, -0.25) is 10.1 Å². The van der Waals surface area contributed by atoms with Crippen LogP contribution in [0.5, 0.6) is 0 Å². The summed E-state index contributed by atoms with van der Waals surface area (Å²) in [5.74, 6) is 0.953. The molecule has 0 aromatic heterocycles. The van der Waals surface area contributed by atoms with Crippen LogP contribution in [0, 0.1) is 5.92 Å². The number of hydrogen-bond acceptors (Lipinski definition) is 4. The Balaban J connectivity index is 1.64. The maximum atomic E-state index is 11.8. The quantitative estimate of drug-likeness (QED) is 0.693. The van der Waals surface area contributed by atoms with Gasteiger partial charge in [-0.05, 0) is 25.7 Å². The Labute approximate surface area is 94.6 Å². The molecule has 2 aliphatic heterocycles. The van der Waals surface area contributed by atoms with Crippen molar-refractivity contribution < 1.29 is 9.53 Å². The topological polar surface area (TPSA) is 62.7 Å². The number of carbonyl (C=O) groups excluding carboxylic acids is 1. The van der Waals surface area contributed by atoms with Crippen LogP contribution in [0.4, 0.5) is 0 Å². The smallest absolute Gasteiger partial charge is 0.251 e. The van der Waals surface area contributed by atoms with E-state index < -0.39 is 0 Å². The first-order chi connectivity index (χ1) is 7.83. The van der Waals surface area contributed by atoms with Gasteiger partial charge in [-0.2, -0.15) is 0 Å². The summed E-state index contributed by atoms with van der Waals surface area (Å²) in [6.45, 7) is 1.49. The first-order valence-electron chi connectivity index (χ1n) is 6.06. The Bertz CT molecular complexity index is 319. The van der Waals surface area contributed by atoms with Crippen LogP contribution in [0.15, 0.2) is 4.99 Å². The molecule has 3 aliphatic rings. The molecule has 0 aromatic rings. The highest BCUT2D eigenvalue weighted by Gasteiger charge is 2.36. The summed E-state index contributed by atoms with van der Waals surface area (Å²) in [4.78, 5) is 16.2. The molecule has 2 N–H and O–H groups in total. The zero-order chi connectivity index (χ0) is 11.0. The largest absolute Gasteiger partial charge is 0.381 e. The van der Waals surface area contributed by atoms with E-state index in [2.05, 4.69) is 15.6 Å². The average Bonchev–Trinajstić information content (AvgIpc) is 3.03. The van der Waals surface area contributed by atoms with Crippen molar-refractivity contribution in [3.05, 3.63) is 0 Å². The lowest BCUT2D eigenvalue weighted by Gasteiger charge is -2.23. The predicted octanol–water partition coefficient (Wildman–Crippen LogP) is 0.0194. The first kappa shape index (κ1) is 10.1. The van der Waals surface area contributed by atoms with Gasteiger partial charge >= 0.3 is 0 Å². The van der Waals surface area contributed by atoms with E-state index in [0.29, 0.717) is 18.6 Å². The fourth-order valence-electron chi connectivity index (χ4n) is 2.25. The monoisotopic (exact) mass is 223 g/mol. The van der Waals surface area contributed by atoms with E-state index in [1.54, 1.807) is 0 Å². The predicted molar refractivity (Wildman–Crippen MR) is 59.1 cm³/mol. The Hall–Kier alpha value is -1.10. The SMILES string of the molecule is O=C1NC(NC2CC2)=NC1C1CCCOC1. The molecule has 0 spiro atoms. The second-order valence-corrected chi connectivity index (χ2v) is 4.81. The van der Waals surface area contributed by atoms with Crippen LogP contribution < -0.4 is 10.6 Å². The van der Waals surface area contributed by atoms with Crippen LogP contribution in [-0.4, -0.2) is 37.2 Å². The van der Waals surface area contributed by atoms with Gasteiger partial charge in [0.1, 0.15) is 6.04 Å². The number of ether oxygens (including phenoxy) is 1. The van der Waals surface area contributed by atoms with E-state index in [1.807, 2.05) is 0 Å². The minimum Gasteiger partial charge on any atom is -0.381 e. The summed E-state index contributed by atoms with van der Waals surface area (Å²) in [7, 11) is 0. The number of aliphatic imine (C=N–C) groups is 1. The third-order valence-electron chi connectivity index (χ3n) is 3.34. The van der Waals surface area contributed by atoms with Crippen LogP contribution >= 0.6 is 0 Å². The molecule has 2 heterocycles. The van der Waals surface area contributed by atoms with Crippen molar-refractivity contribution in [1.82, 2.24) is 10.6 Å². The van der Waals surface area contributed by atoms with E-state index in [-0.39, 0.29) is 17.9 Å². The zero-order valence-corrected chi connectivity index (χ0v) is 9.24. The molecular weight excluding hydrogens is 206 g/mol. The van der Waals surface area contributed by atoms with Crippen LogP contribution in [0.1, 0.15) is 25.7 Å². The molecule has 1 aliphatic carbocycles. The van der Waals surface area contributed by atoms with Gasteiger partial charge in [-0.25, -0.2) is 4.99 Å². The fourth-order valence-corrected chi connectivity index (χ4v) is 2.25. The number of nitrogens with zero attached hydrogens (tertiary/aromatic N) is 1. The number of nitrogens with one attached hydrogen (secondary N) is 2. The minimum atomic E-state index is -0.235. The van der Waals surface area contributed by atoms with Gasteiger partial charge in [-0.15, -0.1) is 0 Å². The highest BCUT2D eigenvalue weighted by Crippen LogP contribution is 2.23. The van der Waals surface area contributed by atoms with Gasteiger partial charge in [0.25, 0.3) is 5.91 Å². The molecule has 1 saturated carbocycles. The zero-order valence-electron chi connectivity index (χ0n) is 9.24. The number of guanidine groups is 1. The maximum Gasteiger partial charge on any atom is 0.251 e. The van der Waals surface area contributed by atoms with Gasteiger partial charge in [-0.1, -0.05) is 0 Å². The molecule has 2 unspecified atom stereocenters. The average molecular weight is 223 g/mol. The highest BCUT2D eigenvalue weighted by atomic mass is 16.5. The third-order valence-corrected chi connectivity index (χ3v) is 3.34. The van der Waals surface area contributed by atoms with Gasteiger partial charge in [0.05, 0.1) is 6.61 Å². The number of amides is 1. The van der Waals surface area contributed by atoms with Crippen molar-refractivity contribution in [3.63, 3.8) is 0 Å². The Morgan fingerprint density at radius 3 is 2.94 bits per heavy atom. The van der Waals surface area contributed by atoms with E-state index in [4.69, 9.17) is 4.74 Å². The molecule has 2 atom stereocenters. The van der Waals surface area contributed by atoms with Crippen LogP contribution in [-0.2, 0) is 9.53 Å². The fraction of sp³-hybridized carbons (Fsp3) is 0.818. The number of hydrogen-bond donors (Lipinski definition) is 2. The molecule has 88 valence electrons. The van der Waals surface area contributed by atoms with Crippen LogP contribution in [0.3, 0.4) is 0 Å². The first-order valence-corrected chi connectivity index (χ1v) is 6.06. The van der Waals surface area contributed by atoms with Crippen LogP contribution in [0.2, 0.25) is 0 Å². The summed E-state index contributed by atoms with van der Waals surface area (Å²) in [5.41, 5.74) is 0. The molecule has 0 aromatic carbocycles. The van der Waals surface area contributed by atoms with Crippen molar-refractivity contribution in [3.8, 4) is 0 Å². The summed E-state index contributed by atoms with van der Waals surface area (Å²) < 4.78 is 5.40.